The van der Waals surface area contributed by atoms with Gasteiger partial charge < -0.3 is 5.32 Å². The summed E-state index contributed by atoms with van der Waals surface area (Å²) in [6.07, 6.45) is -3.54. The smallest absolute Gasteiger partial charge is 0.375 e. The largest absolute Gasteiger partial charge is 0.418 e. The molecule has 1 aromatic heterocycles. The number of nitro groups is 1. The maximum atomic E-state index is 13.0. The Morgan fingerprint density at radius 3 is 2.70 bits per heavy atom. The van der Waals surface area contributed by atoms with Crippen LogP contribution in [0.2, 0.25) is 5.02 Å². The number of nitrogens with one attached hydrogen (secondary N) is 1. The predicted molar refractivity (Wildman–Crippen MR) is 93.0 cm³/mol. The molecule has 1 aliphatic heterocycles. The van der Waals surface area contributed by atoms with Crippen molar-refractivity contribution in [2.45, 2.75) is 51.4 Å². The Kier molecular flexibility index (Phi) is 5.02. The molecule has 0 saturated carbocycles. The van der Waals surface area contributed by atoms with Gasteiger partial charge in [-0.15, -0.1) is 0 Å². The average Bonchev–Trinajstić information content (AvgIpc) is 2.97. The molecule has 0 spiro atoms. The molecule has 1 unspecified atom stereocenters. The highest BCUT2D eigenvalue weighted by atomic mass is 35.5. The van der Waals surface area contributed by atoms with Crippen molar-refractivity contribution in [1.82, 2.24) is 14.8 Å². The molecule has 2 aromatic rings. The number of aromatic nitrogens is 3. The van der Waals surface area contributed by atoms with Gasteiger partial charge in [-0.3, -0.25) is 10.1 Å². The van der Waals surface area contributed by atoms with Crippen LogP contribution >= 0.6 is 11.6 Å². The van der Waals surface area contributed by atoms with Crippen LogP contribution < -0.4 is 5.32 Å². The van der Waals surface area contributed by atoms with Crippen LogP contribution in [0.1, 0.15) is 43.4 Å². The van der Waals surface area contributed by atoms with Gasteiger partial charge in [-0.05, 0) is 12.5 Å². The topological polar surface area (TPSA) is 85.9 Å². The van der Waals surface area contributed by atoms with Gasteiger partial charge in [0.25, 0.3) is 5.69 Å². The van der Waals surface area contributed by atoms with Gasteiger partial charge >= 0.3 is 6.18 Å². The van der Waals surface area contributed by atoms with E-state index in [-0.39, 0.29) is 17.6 Å². The quantitative estimate of drug-likeness (QED) is 0.603. The van der Waals surface area contributed by atoms with Crippen LogP contribution in [0.25, 0.3) is 0 Å². The third kappa shape index (κ3) is 4.00. The van der Waals surface area contributed by atoms with Crippen molar-refractivity contribution in [3.8, 4) is 0 Å². The summed E-state index contributed by atoms with van der Waals surface area (Å²) in [6, 6.07) is 1.18. The first kappa shape index (κ1) is 19.4. The van der Waals surface area contributed by atoms with E-state index in [4.69, 9.17) is 11.6 Å². The van der Waals surface area contributed by atoms with Gasteiger partial charge in [0.1, 0.15) is 11.5 Å². The van der Waals surface area contributed by atoms with Crippen LogP contribution in [-0.2, 0) is 19.1 Å². The average molecular weight is 404 g/mol. The molecule has 0 aliphatic carbocycles. The molecule has 0 bridgehead atoms. The molecule has 1 atom stereocenters. The monoisotopic (exact) mass is 403 g/mol. The zero-order valence-corrected chi connectivity index (χ0v) is 15.3. The van der Waals surface area contributed by atoms with E-state index in [1.165, 1.54) is 0 Å². The standard InChI is InChI=1S/C16H17ClF3N5O2/c1-8(2)15-22-14-4-3-9(7-24(14)23-15)21-12-6-11(17)10(16(18,19)20)5-13(12)25(26)27/h5-6,8-9,21H,3-4,7H2,1-2H3. The van der Waals surface area contributed by atoms with Crippen molar-refractivity contribution in [2.24, 2.45) is 0 Å². The Morgan fingerprint density at radius 1 is 1.41 bits per heavy atom. The molecule has 27 heavy (non-hydrogen) atoms. The van der Waals surface area contributed by atoms with E-state index >= 15 is 0 Å². The summed E-state index contributed by atoms with van der Waals surface area (Å²) in [6.45, 7) is 4.36. The highest BCUT2D eigenvalue weighted by molar-refractivity contribution is 6.31. The van der Waals surface area contributed by atoms with E-state index < -0.39 is 27.4 Å². The fourth-order valence-corrected chi connectivity index (χ4v) is 3.23. The molecule has 11 heteroatoms. The number of anilines is 1. The summed E-state index contributed by atoms with van der Waals surface area (Å²) in [5.74, 6) is 1.72. The number of rotatable bonds is 4. The van der Waals surface area contributed by atoms with Crippen LogP contribution in [0, 0.1) is 10.1 Å². The predicted octanol–water partition coefficient (Wildman–Crippen LogP) is 4.41. The van der Waals surface area contributed by atoms with Gasteiger partial charge in [0.15, 0.2) is 5.82 Å². The molecular formula is C16H17ClF3N5O2. The normalized spacial score (nSPS) is 17.1. The van der Waals surface area contributed by atoms with Crippen molar-refractivity contribution in [3.05, 3.63) is 44.5 Å². The fourth-order valence-electron chi connectivity index (χ4n) is 2.96. The summed E-state index contributed by atoms with van der Waals surface area (Å²) in [5.41, 5.74) is -1.94. The summed E-state index contributed by atoms with van der Waals surface area (Å²) < 4.78 is 40.6. The van der Waals surface area contributed by atoms with Crippen molar-refractivity contribution >= 4 is 23.0 Å². The summed E-state index contributed by atoms with van der Waals surface area (Å²) in [7, 11) is 0. The van der Waals surface area contributed by atoms with Gasteiger partial charge in [0.2, 0.25) is 0 Å². The number of halogens is 4. The Balaban J connectivity index is 1.87. The number of nitrogens with zero attached hydrogens (tertiary/aromatic N) is 4. The molecule has 0 radical (unpaired) electrons. The van der Waals surface area contributed by atoms with E-state index in [0.717, 1.165) is 11.9 Å². The Morgan fingerprint density at radius 2 is 2.11 bits per heavy atom. The zero-order chi connectivity index (χ0) is 19.9. The Hall–Kier alpha value is -2.36. The second-order valence-corrected chi connectivity index (χ2v) is 7.11. The lowest BCUT2D eigenvalue weighted by molar-refractivity contribution is -0.384. The van der Waals surface area contributed by atoms with E-state index in [1.807, 2.05) is 13.8 Å². The number of hydrogen-bond donors (Lipinski definition) is 1. The van der Waals surface area contributed by atoms with E-state index in [0.29, 0.717) is 31.3 Å². The van der Waals surface area contributed by atoms with Crippen molar-refractivity contribution < 1.29 is 18.1 Å². The van der Waals surface area contributed by atoms with Gasteiger partial charge in [-0.1, -0.05) is 25.4 Å². The molecule has 1 aliphatic rings. The molecule has 1 aromatic carbocycles. The Labute approximate surface area is 157 Å². The van der Waals surface area contributed by atoms with Crippen LogP contribution in [0.4, 0.5) is 24.5 Å². The van der Waals surface area contributed by atoms with Gasteiger partial charge in [-0.2, -0.15) is 18.3 Å². The van der Waals surface area contributed by atoms with E-state index in [2.05, 4.69) is 15.4 Å². The molecule has 0 fully saturated rings. The van der Waals surface area contributed by atoms with Crippen LogP contribution in [0.3, 0.4) is 0 Å². The highest BCUT2D eigenvalue weighted by Gasteiger charge is 2.36. The second-order valence-electron chi connectivity index (χ2n) is 6.71. The number of nitro benzene ring substituents is 1. The molecular weight excluding hydrogens is 387 g/mol. The molecule has 2 heterocycles. The number of aryl methyl sites for hydroxylation is 1. The third-order valence-corrected chi connectivity index (χ3v) is 4.65. The molecule has 0 saturated heterocycles. The van der Waals surface area contributed by atoms with Crippen molar-refractivity contribution in [3.63, 3.8) is 0 Å². The van der Waals surface area contributed by atoms with Crippen molar-refractivity contribution in [1.29, 1.82) is 0 Å². The first-order valence-electron chi connectivity index (χ1n) is 8.31. The lowest BCUT2D eigenvalue weighted by Gasteiger charge is -2.24. The first-order chi connectivity index (χ1) is 12.6. The molecule has 1 N–H and O–H groups in total. The van der Waals surface area contributed by atoms with Gasteiger partial charge in [-0.25, -0.2) is 9.67 Å². The third-order valence-electron chi connectivity index (χ3n) is 4.34. The second kappa shape index (κ2) is 6.99. The minimum Gasteiger partial charge on any atom is -0.375 e. The van der Waals surface area contributed by atoms with E-state index in [1.54, 1.807) is 4.68 Å². The number of fused-ring (bicyclic) bond motifs is 1. The lowest BCUT2D eigenvalue weighted by atomic mass is 10.1. The number of benzene rings is 1. The maximum absolute atomic E-state index is 13.0. The first-order valence-corrected chi connectivity index (χ1v) is 8.69. The number of alkyl halides is 3. The zero-order valence-electron chi connectivity index (χ0n) is 14.5. The Bertz CT molecular complexity index is 882. The fraction of sp³-hybridized carbons (Fsp3) is 0.500. The highest BCUT2D eigenvalue weighted by Crippen LogP contribution is 2.40. The summed E-state index contributed by atoms with van der Waals surface area (Å²) in [5, 5.41) is 18.0. The van der Waals surface area contributed by atoms with Crippen LogP contribution in [-0.4, -0.2) is 25.7 Å². The SMILES string of the molecule is CC(C)c1nc2n(n1)CC(Nc1cc(Cl)c(C(F)(F)F)cc1[N+](=O)[O-])CC2. The molecule has 7 nitrogen and oxygen atoms in total. The maximum Gasteiger partial charge on any atom is 0.418 e. The molecule has 146 valence electrons. The minimum atomic E-state index is -4.77. The summed E-state index contributed by atoms with van der Waals surface area (Å²) >= 11 is 5.72. The van der Waals surface area contributed by atoms with Gasteiger partial charge in [0.05, 0.1) is 22.1 Å². The van der Waals surface area contributed by atoms with Crippen LogP contribution in [0.5, 0.6) is 0 Å². The minimum absolute atomic E-state index is 0.0457. The van der Waals surface area contributed by atoms with Crippen molar-refractivity contribution in [2.75, 3.05) is 5.32 Å². The lowest BCUT2D eigenvalue weighted by Crippen LogP contribution is -2.32. The number of hydrogen-bond acceptors (Lipinski definition) is 5. The molecule has 3 rings (SSSR count). The van der Waals surface area contributed by atoms with Crippen LogP contribution in [0.15, 0.2) is 12.1 Å². The van der Waals surface area contributed by atoms with Gasteiger partial charge in [0, 0.05) is 24.4 Å². The van der Waals surface area contributed by atoms with E-state index in [9.17, 15) is 23.3 Å². The summed E-state index contributed by atoms with van der Waals surface area (Å²) in [4.78, 5) is 14.9. The molecule has 0 amide bonds.